The van der Waals surface area contributed by atoms with Gasteiger partial charge in [-0.1, -0.05) is 20.3 Å². The van der Waals surface area contributed by atoms with E-state index in [-0.39, 0.29) is 0 Å². The second-order valence-electron chi connectivity index (χ2n) is 4.65. The van der Waals surface area contributed by atoms with Crippen LogP contribution in [0.1, 0.15) is 39.5 Å². The van der Waals surface area contributed by atoms with Gasteiger partial charge in [0.05, 0.1) is 6.61 Å². The summed E-state index contributed by atoms with van der Waals surface area (Å²) in [6.07, 6.45) is 4.99. The Hall–Kier alpha value is -0.120. The molecule has 1 heterocycles. The molecule has 1 aliphatic rings. The van der Waals surface area contributed by atoms with Crippen LogP contribution < -0.4 is 5.32 Å². The molecule has 1 aliphatic heterocycles. The quantitative estimate of drug-likeness (QED) is 0.673. The number of hydrogen-bond donors (Lipinski definition) is 1. The summed E-state index contributed by atoms with van der Waals surface area (Å²) in [6.45, 7) is 11.0. The summed E-state index contributed by atoms with van der Waals surface area (Å²) in [5.74, 6) is 0. The molecule has 1 saturated heterocycles. The lowest BCUT2D eigenvalue weighted by molar-refractivity contribution is 0.128. The van der Waals surface area contributed by atoms with Gasteiger partial charge in [-0.15, -0.1) is 0 Å². The second kappa shape index (κ2) is 8.97. The molecular weight excluding hydrogens is 200 g/mol. The molecule has 1 atom stereocenters. The van der Waals surface area contributed by atoms with Crippen molar-refractivity contribution >= 4 is 0 Å². The molecule has 0 spiro atoms. The van der Waals surface area contributed by atoms with Crippen molar-refractivity contribution in [2.45, 2.75) is 45.6 Å². The maximum absolute atomic E-state index is 5.52. The average molecular weight is 228 g/mol. The normalized spacial score (nSPS) is 20.6. The third-order valence-electron chi connectivity index (χ3n) is 3.20. The number of hydrogen-bond acceptors (Lipinski definition) is 3. The van der Waals surface area contributed by atoms with Gasteiger partial charge in [0, 0.05) is 32.3 Å². The van der Waals surface area contributed by atoms with E-state index in [9.17, 15) is 0 Å². The minimum atomic E-state index is 0.707. The zero-order valence-electron chi connectivity index (χ0n) is 11.0. The first-order valence-electron chi connectivity index (χ1n) is 6.91. The van der Waals surface area contributed by atoms with Crippen LogP contribution in [0.25, 0.3) is 0 Å². The Morgan fingerprint density at radius 1 is 1.19 bits per heavy atom. The zero-order chi connectivity index (χ0) is 11.6. The first-order valence-corrected chi connectivity index (χ1v) is 6.91. The van der Waals surface area contributed by atoms with Gasteiger partial charge in [-0.25, -0.2) is 0 Å². The van der Waals surface area contributed by atoms with Gasteiger partial charge in [-0.2, -0.15) is 0 Å². The smallest absolute Gasteiger partial charge is 0.0593 e. The van der Waals surface area contributed by atoms with E-state index in [1.54, 1.807) is 0 Å². The third-order valence-corrected chi connectivity index (χ3v) is 3.20. The number of ether oxygens (including phenoxy) is 1. The van der Waals surface area contributed by atoms with E-state index in [4.69, 9.17) is 4.74 Å². The predicted molar refractivity (Wildman–Crippen MR) is 68.9 cm³/mol. The summed E-state index contributed by atoms with van der Waals surface area (Å²) in [7, 11) is 0. The Kier molecular flexibility index (Phi) is 7.81. The van der Waals surface area contributed by atoms with E-state index in [2.05, 4.69) is 24.1 Å². The molecule has 0 radical (unpaired) electrons. The predicted octanol–water partition coefficient (Wildman–Crippen LogP) is 1.88. The molecule has 16 heavy (non-hydrogen) atoms. The summed E-state index contributed by atoms with van der Waals surface area (Å²) >= 11 is 0. The van der Waals surface area contributed by atoms with Gasteiger partial charge in [-0.3, -0.25) is 4.90 Å². The summed E-state index contributed by atoms with van der Waals surface area (Å²) in [5, 5.41) is 3.56. The SMILES string of the molecule is CCCNCC(CCC)N1CCCOCC1. The molecule has 1 fully saturated rings. The van der Waals surface area contributed by atoms with E-state index in [1.807, 2.05) is 0 Å². The van der Waals surface area contributed by atoms with Crippen LogP contribution in [-0.4, -0.2) is 50.3 Å². The topological polar surface area (TPSA) is 24.5 Å². The largest absolute Gasteiger partial charge is 0.380 e. The van der Waals surface area contributed by atoms with Gasteiger partial charge < -0.3 is 10.1 Å². The Morgan fingerprint density at radius 3 is 2.81 bits per heavy atom. The lowest BCUT2D eigenvalue weighted by Gasteiger charge is -2.30. The van der Waals surface area contributed by atoms with Crippen molar-refractivity contribution in [2.75, 3.05) is 39.4 Å². The Bertz CT molecular complexity index is 156. The van der Waals surface area contributed by atoms with E-state index in [0.29, 0.717) is 6.04 Å². The zero-order valence-corrected chi connectivity index (χ0v) is 11.0. The van der Waals surface area contributed by atoms with Crippen molar-refractivity contribution < 1.29 is 4.74 Å². The molecule has 1 rings (SSSR count). The molecule has 0 aromatic carbocycles. The van der Waals surface area contributed by atoms with E-state index in [0.717, 1.165) is 32.8 Å². The van der Waals surface area contributed by atoms with E-state index < -0.39 is 0 Å². The summed E-state index contributed by atoms with van der Waals surface area (Å²) in [6, 6.07) is 0.707. The molecule has 0 saturated carbocycles. The lowest BCUT2D eigenvalue weighted by atomic mass is 10.1. The van der Waals surface area contributed by atoms with Gasteiger partial charge in [-0.05, 0) is 25.8 Å². The summed E-state index contributed by atoms with van der Waals surface area (Å²) in [4.78, 5) is 2.61. The highest BCUT2D eigenvalue weighted by atomic mass is 16.5. The van der Waals surface area contributed by atoms with Crippen LogP contribution >= 0.6 is 0 Å². The van der Waals surface area contributed by atoms with Crippen LogP contribution in [0, 0.1) is 0 Å². The summed E-state index contributed by atoms with van der Waals surface area (Å²) in [5.41, 5.74) is 0. The molecule has 1 N–H and O–H groups in total. The molecule has 0 amide bonds. The van der Waals surface area contributed by atoms with Gasteiger partial charge >= 0.3 is 0 Å². The monoisotopic (exact) mass is 228 g/mol. The fraction of sp³-hybridized carbons (Fsp3) is 1.00. The molecular formula is C13H28N2O. The third kappa shape index (κ3) is 5.28. The maximum Gasteiger partial charge on any atom is 0.0593 e. The molecule has 0 aromatic rings. The van der Waals surface area contributed by atoms with Gasteiger partial charge in [0.15, 0.2) is 0 Å². The molecule has 0 aromatic heterocycles. The highest BCUT2D eigenvalue weighted by Gasteiger charge is 2.18. The molecule has 3 nitrogen and oxygen atoms in total. The van der Waals surface area contributed by atoms with Crippen molar-refractivity contribution in [3.63, 3.8) is 0 Å². The van der Waals surface area contributed by atoms with Crippen molar-refractivity contribution in [1.29, 1.82) is 0 Å². The first kappa shape index (κ1) is 13.9. The number of nitrogens with one attached hydrogen (secondary N) is 1. The van der Waals surface area contributed by atoms with Gasteiger partial charge in [0.2, 0.25) is 0 Å². The minimum absolute atomic E-state index is 0.707. The Morgan fingerprint density at radius 2 is 2.06 bits per heavy atom. The molecule has 96 valence electrons. The van der Waals surface area contributed by atoms with Crippen LogP contribution in [0.2, 0.25) is 0 Å². The number of nitrogens with zero attached hydrogens (tertiary/aromatic N) is 1. The highest BCUT2D eigenvalue weighted by molar-refractivity contribution is 4.75. The van der Waals surface area contributed by atoms with Crippen molar-refractivity contribution in [2.24, 2.45) is 0 Å². The molecule has 3 heteroatoms. The number of rotatable bonds is 7. The van der Waals surface area contributed by atoms with E-state index >= 15 is 0 Å². The minimum Gasteiger partial charge on any atom is -0.380 e. The van der Waals surface area contributed by atoms with Crippen LogP contribution in [0.5, 0.6) is 0 Å². The van der Waals surface area contributed by atoms with Crippen molar-refractivity contribution in [3.05, 3.63) is 0 Å². The molecule has 1 unspecified atom stereocenters. The summed E-state index contributed by atoms with van der Waals surface area (Å²) < 4.78 is 5.52. The average Bonchev–Trinajstić information content (AvgIpc) is 2.57. The first-order chi connectivity index (χ1) is 7.88. The molecule has 0 aliphatic carbocycles. The molecule has 0 bridgehead atoms. The van der Waals surface area contributed by atoms with Crippen molar-refractivity contribution in [3.8, 4) is 0 Å². The van der Waals surface area contributed by atoms with Crippen LogP contribution in [0.4, 0.5) is 0 Å². The Balaban J connectivity index is 2.33. The fourth-order valence-electron chi connectivity index (χ4n) is 2.32. The van der Waals surface area contributed by atoms with Crippen molar-refractivity contribution in [1.82, 2.24) is 10.2 Å². The van der Waals surface area contributed by atoms with Gasteiger partial charge in [0.25, 0.3) is 0 Å². The highest BCUT2D eigenvalue weighted by Crippen LogP contribution is 2.09. The van der Waals surface area contributed by atoms with Crippen LogP contribution in [0.3, 0.4) is 0 Å². The van der Waals surface area contributed by atoms with E-state index in [1.165, 1.54) is 32.2 Å². The standard InChI is InChI=1S/C13H28N2O/c1-3-6-13(12-14-7-4-2)15-8-5-10-16-11-9-15/h13-14H,3-12H2,1-2H3. The second-order valence-corrected chi connectivity index (χ2v) is 4.65. The maximum atomic E-state index is 5.52. The van der Waals surface area contributed by atoms with Crippen LogP contribution in [-0.2, 0) is 4.74 Å². The lowest BCUT2D eigenvalue weighted by Crippen LogP contribution is -2.43. The van der Waals surface area contributed by atoms with Crippen LogP contribution in [0.15, 0.2) is 0 Å². The fourth-order valence-corrected chi connectivity index (χ4v) is 2.32. The van der Waals surface area contributed by atoms with Gasteiger partial charge in [0.1, 0.15) is 0 Å². The Labute approximate surface area is 101 Å².